The van der Waals surface area contributed by atoms with Gasteiger partial charge < -0.3 is 13.9 Å². The van der Waals surface area contributed by atoms with Gasteiger partial charge in [-0.05, 0) is 21.8 Å². The minimum atomic E-state index is -2.64. The lowest BCUT2D eigenvalue weighted by Crippen LogP contribution is -2.67. The van der Waals surface area contributed by atoms with Crippen LogP contribution >= 0.6 is 0 Å². The number of hydrogen-bond acceptors (Lipinski definition) is 4. The first-order valence-electron chi connectivity index (χ1n) is 10.2. The fourth-order valence-corrected chi connectivity index (χ4v) is 8.81. The molecule has 2 atom stereocenters. The molecule has 0 aliphatic heterocycles. The van der Waals surface area contributed by atoms with E-state index in [-0.39, 0.29) is 23.5 Å². The first-order chi connectivity index (χ1) is 13.7. The van der Waals surface area contributed by atoms with Gasteiger partial charge in [-0.1, -0.05) is 88.4 Å². The van der Waals surface area contributed by atoms with E-state index in [0.717, 1.165) is 6.42 Å². The highest BCUT2D eigenvalue weighted by Gasteiger charge is 2.58. The summed E-state index contributed by atoms with van der Waals surface area (Å²) in [5.74, 6) is -0.0515. The Hall–Kier alpha value is -1.95. The number of hydrogen-bond donors (Lipinski definition) is 0. The molecule has 4 nitrogen and oxygen atoms in total. The standard InChI is InChI=1S/C24H32O4Si/c1-19-16-24(19,28-22(25)17-26-5)18-27-29(23(2,3)4,20-12-8-6-9-13-20)21-14-10-7-11-15-21/h6-15,19H,16-18H2,1-5H3/t19-,24+/m0/s1. The smallest absolute Gasteiger partial charge is 0.332 e. The highest BCUT2D eigenvalue weighted by Crippen LogP contribution is 2.48. The fourth-order valence-electron chi connectivity index (χ4n) is 4.20. The number of carbonyl (C=O) groups is 1. The van der Waals surface area contributed by atoms with Gasteiger partial charge in [-0.25, -0.2) is 4.79 Å². The Morgan fingerprint density at radius 2 is 1.52 bits per heavy atom. The van der Waals surface area contributed by atoms with Gasteiger partial charge in [0.2, 0.25) is 0 Å². The van der Waals surface area contributed by atoms with Crippen molar-refractivity contribution >= 4 is 24.7 Å². The Morgan fingerprint density at radius 3 is 1.90 bits per heavy atom. The molecule has 29 heavy (non-hydrogen) atoms. The molecule has 1 fully saturated rings. The summed E-state index contributed by atoms with van der Waals surface area (Å²) in [6.45, 7) is 9.22. The second-order valence-electron chi connectivity index (χ2n) is 9.03. The van der Waals surface area contributed by atoms with Crippen LogP contribution in [0, 0.1) is 5.92 Å². The number of benzene rings is 2. The summed E-state index contributed by atoms with van der Waals surface area (Å²) < 4.78 is 17.7. The summed E-state index contributed by atoms with van der Waals surface area (Å²) in [6.07, 6.45) is 0.820. The number of rotatable bonds is 8. The van der Waals surface area contributed by atoms with Crippen molar-refractivity contribution in [1.29, 1.82) is 0 Å². The third-order valence-electron chi connectivity index (χ3n) is 5.92. The molecule has 3 rings (SSSR count). The van der Waals surface area contributed by atoms with Crippen molar-refractivity contribution in [3.05, 3.63) is 60.7 Å². The predicted octanol–water partition coefficient (Wildman–Crippen LogP) is 3.53. The highest BCUT2D eigenvalue weighted by atomic mass is 28.4. The Bertz CT molecular complexity index is 776. The molecule has 1 aliphatic rings. The maximum atomic E-state index is 12.1. The molecule has 2 aromatic rings. The van der Waals surface area contributed by atoms with Gasteiger partial charge in [0.05, 0.1) is 6.61 Å². The molecule has 1 saturated carbocycles. The molecule has 0 saturated heterocycles. The van der Waals surface area contributed by atoms with Crippen LogP contribution in [0.4, 0.5) is 0 Å². The Labute approximate surface area is 175 Å². The molecule has 0 N–H and O–H groups in total. The van der Waals surface area contributed by atoms with Gasteiger partial charge in [0, 0.05) is 13.0 Å². The van der Waals surface area contributed by atoms with Crippen molar-refractivity contribution in [2.45, 2.75) is 44.8 Å². The summed E-state index contributed by atoms with van der Waals surface area (Å²) in [4.78, 5) is 12.1. The van der Waals surface area contributed by atoms with E-state index in [2.05, 4.69) is 76.2 Å². The number of ether oxygens (including phenoxy) is 2. The first kappa shape index (κ1) is 21.7. The minimum Gasteiger partial charge on any atom is -0.455 e. The molecular formula is C24H32O4Si. The van der Waals surface area contributed by atoms with Crippen molar-refractivity contribution in [3.63, 3.8) is 0 Å². The quantitative estimate of drug-likeness (QED) is 0.491. The van der Waals surface area contributed by atoms with E-state index >= 15 is 0 Å². The molecule has 2 aromatic carbocycles. The fraction of sp³-hybridized carbons (Fsp3) is 0.458. The van der Waals surface area contributed by atoms with E-state index in [4.69, 9.17) is 13.9 Å². The van der Waals surface area contributed by atoms with Gasteiger partial charge in [0.15, 0.2) is 0 Å². The van der Waals surface area contributed by atoms with E-state index in [1.807, 2.05) is 12.1 Å². The van der Waals surface area contributed by atoms with Crippen LogP contribution < -0.4 is 10.4 Å². The van der Waals surface area contributed by atoms with Gasteiger partial charge in [-0.3, -0.25) is 0 Å². The molecule has 0 spiro atoms. The van der Waals surface area contributed by atoms with Crippen LogP contribution in [-0.4, -0.2) is 40.2 Å². The van der Waals surface area contributed by atoms with E-state index in [0.29, 0.717) is 6.61 Å². The highest BCUT2D eigenvalue weighted by molar-refractivity contribution is 6.99. The lowest BCUT2D eigenvalue weighted by molar-refractivity contribution is -0.158. The zero-order valence-electron chi connectivity index (χ0n) is 18.1. The van der Waals surface area contributed by atoms with Crippen molar-refractivity contribution in [2.75, 3.05) is 20.3 Å². The first-order valence-corrected chi connectivity index (χ1v) is 12.1. The molecule has 156 valence electrons. The minimum absolute atomic E-state index is 0.0340. The summed E-state index contributed by atoms with van der Waals surface area (Å²) in [5, 5.41) is 2.35. The van der Waals surface area contributed by atoms with Gasteiger partial charge in [0.25, 0.3) is 8.32 Å². The van der Waals surface area contributed by atoms with Crippen molar-refractivity contribution in [2.24, 2.45) is 5.92 Å². The van der Waals surface area contributed by atoms with Crippen LogP contribution in [0.15, 0.2) is 60.7 Å². The van der Waals surface area contributed by atoms with Crippen LogP contribution in [0.1, 0.15) is 34.1 Å². The zero-order chi connectivity index (χ0) is 21.1. The van der Waals surface area contributed by atoms with Gasteiger partial charge in [-0.2, -0.15) is 0 Å². The maximum Gasteiger partial charge on any atom is 0.332 e. The topological polar surface area (TPSA) is 44.8 Å². The second kappa shape index (κ2) is 8.42. The van der Waals surface area contributed by atoms with E-state index < -0.39 is 13.9 Å². The number of esters is 1. The van der Waals surface area contributed by atoms with Crippen LogP contribution in [0.5, 0.6) is 0 Å². The summed E-state index contributed by atoms with van der Waals surface area (Å²) in [5.41, 5.74) is -0.553. The Balaban J connectivity index is 1.99. The number of carbonyl (C=O) groups excluding carboxylic acids is 1. The summed E-state index contributed by atoms with van der Waals surface area (Å²) in [7, 11) is -1.14. The lowest BCUT2D eigenvalue weighted by atomic mass is 10.2. The SMILES string of the molecule is COCC(=O)O[C@@]1(CO[Si](c2ccccc2)(c2ccccc2)C(C)(C)C)C[C@@H]1C. The average Bonchev–Trinajstić information content (AvgIpc) is 3.31. The van der Waals surface area contributed by atoms with Crippen molar-refractivity contribution in [3.8, 4) is 0 Å². The Kier molecular flexibility index (Phi) is 6.32. The third-order valence-corrected chi connectivity index (χ3v) is 10.9. The van der Waals surface area contributed by atoms with Crippen LogP contribution in [-0.2, 0) is 18.7 Å². The van der Waals surface area contributed by atoms with E-state index in [1.54, 1.807) is 0 Å². The molecule has 1 aliphatic carbocycles. The summed E-state index contributed by atoms with van der Waals surface area (Å²) in [6, 6.07) is 21.0. The lowest BCUT2D eigenvalue weighted by Gasteiger charge is -2.43. The molecule has 0 heterocycles. The van der Waals surface area contributed by atoms with E-state index in [9.17, 15) is 4.79 Å². The molecule has 0 amide bonds. The molecular weight excluding hydrogens is 380 g/mol. The van der Waals surface area contributed by atoms with Crippen molar-refractivity contribution in [1.82, 2.24) is 0 Å². The predicted molar refractivity (Wildman–Crippen MR) is 118 cm³/mol. The molecule has 0 aromatic heterocycles. The second-order valence-corrected chi connectivity index (χ2v) is 13.3. The molecule has 0 unspecified atom stereocenters. The molecule has 5 heteroatoms. The normalized spacial score (nSPS) is 21.6. The summed E-state index contributed by atoms with van der Waals surface area (Å²) >= 11 is 0. The Morgan fingerprint density at radius 1 is 1.03 bits per heavy atom. The monoisotopic (exact) mass is 412 g/mol. The average molecular weight is 413 g/mol. The molecule has 0 bridgehead atoms. The zero-order valence-corrected chi connectivity index (χ0v) is 19.1. The largest absolute Gasteiger partial charge is 0.455 e. The van der Waals surface area contributed by atoms with Crippen LogP contribution in [0.25, 0.3) is 0 Å². The van der Waals surface area contributed by atoms with Crippen molar-refractivity contribution < 1.29 is 18.7 Å². The van der Waals surface area contributed by atoms with Gasteiger partial charge >= 0.3 is 5.97 Å². The van der Waals surface area contributed by atoms with Crippen LogP contribution in [0.3, 0.4) is 0 Å². The molecule has 0 radical (unpaired) electrons. The maximum absolute atomic E-state index is 12.1. The number of methoxy groups -OCH3 is 1. The third kappa shape index (κ3) is 4.32. The van der Waals surface area contributed by atoms with Gasteiger partial charge in [-0.15, -0.1) is 0 Å². The van der Waals surface area contributed by atoms with Gasteiger partial charge in [0.1, 0.15) is 12.2 Å². The van der Waals surface area contributed by atoms with E-state index in [1.165, 1.54) is 17.5 Å². The van der Waals surface area contributed by atoms with Crippen LogP contribution in [0.2, 0.25) is 5.04 Å².